The third-order valence-corrected chi connectivity index (χ3v) is 7.25. The lowest BCUT2D eigenvalue weighted by Crippen LogP contribution is -2.41. The Morgan fingerprint density at radius 2 is 1.81 bits per heavy atom. The number of anilines is 1. The summed E-state index contributed by atoms with van der Waals surface area (Å²) in [5, 5.41) is 2.97. The molecule has 1 fully saturated rings. The summed E-state index contributed by atoms with van der Waals surface area (Å²) in [5.74, 6) is -1.75. The van der Waals surface area contributed by atoms with Crippen molar-refractivity contribution in [2.24, 2.45) is 5.92 Å². The number of piperidine rings is 1. The van der Waals surface area contributed by atoms with Crippen molar-refractivity contribution in [3.05, 3.63) is 58.9 Å². The first kappa shape index (κ1) is 23.2. The maximum atomic E-state index is 13.1. The molecule has 166 valence electrons. The van der Waals surface area contributed by atoms with Crippen LogP contribution in [-0.2, 0) is 19.6 Å². The zero-order valence-corrected chi connectivity index (χ0v) is 18.4. The molecule has 0 aromatic heterocycles. The summed E-state index contributed by atoms with van der Waals surface area (Å²) >= 11 is 6.03. The van der Waals surface area contributed by atoms with Gasteiger partial charge >= 0.3 is 5.97 Å². The van der Waals surface area contributed by atoms with Gasteiger partial charge in [0.05, 0.1) is 22.1 Å². The summed E-state index contributed by atoms with van der Waals surface area (Å²) in [6.07, 6.45) is 0.676. The van der Waals surface area contributed by atoms with Gasteiger partial charge in [0, 0.05) is 24.7 Å². The van der Waals surface area contributed by atoms with Gasteiger partial charge in [0.25, 0.3) is 0 Å². The Morgan fingerprint density at radius 3 is 2.42 bits per heavy atom. The molecule has 0 saturated carbocycles. The topological polar surface area (TPSA) is 92.8 Å². The van der Waals surface area contributed by atoms with E-state index in [-0.39, 0.29) is 47.0 Å². The lowest BCUT2D eigenvalue weighted by atomic mass is 9.97. The molecule has 1 heterocycles. The molecule has 1 amide bonds. The van der Waals surface area contributed by atoms with E-state index in [1.54, 1.807) is 13.0 Å². The highest BCUT2D eigenvalue weighted by atomic mass is 35.5. The Hall–Kier alpha value is -2.49. The van der Waals surface area contributed by atoms with Gasteiger partial charge < -0.3 is 10.1 Å². The third-order valence-electron chi connectivity index (χ3n) is 5.01. The molecule has 2 aromatic carbocycles. The molecule has 0 radical (unpaired) electrons. The summed E-state index contributed by atoms with van der Waals surface area (Å²) < 4.78 is 44.7. The van der Waals surface area contributed by atoms with E-state index in [0.29, 0.717) is 18.5 Å². The van der Waals surface area contributed by atoms with Crippen molar-refractivity contribution in [3.8, 4) is 0 Å². The van der Waals surface area contributed by atoms with Crippen LogP contribution in [-0.4, -0.2) is 44.3 Å². The number of carbonyl (C=O) groups is 2. The molecule has 0 atom stereocenters. The van der Waals surface area contributed by atoms with Crippen LogP contribution in [0.2, 0.25) is 5.02 Å². The number of nitrogens with zero attached hydrogens (tertiary/aromatic N) is 1. The second-order valence-electron chi connectivity index (χ2n) is 7.04. The van der Waals surface area contributed by atoms with E-state index in [1.807, 2.05) is 0 Å². The molecular formula is C21H22ClFN2O5S. The molecule has 0 aliphatic carbocycles. The molecule has 7 nitrogen and oxygen atoms in total. The Balaban J connectivity index is 1.62. The Bertz CT molecular complexity index is 1070. The van der Waals surface area contributed by atoms with E-state index in [9.17, 15) is 22.4 Å². The average Bonchev–Trinajstić information content (AvgIpc) is 2.75. The smallest absolute Gasteiger partial charge is 0.339 e. The van der Waals surface area contributed by atoms with Crippen molar-refractivity contribution in [3.63, 3.8) is 0 Å². The van der Waals surface area contributed by atoms with Crippen LogP contribution < -0.4 is 5.32 Å². The monoisotopic (exact) mass is 468 g/mol. The van der Waals surface area contributed by atoms with Gasteiger partial charge in [-0.1, -0.05) is 11.6 Å². The predicted molar refractivity (Wildman–Crippen MR) is 114 cm³/mol. The number of carbonyl (C=O) groups excluding carboxylic acids is 2. The number of halogens is 2. The standard InChI is InChI=1S/C21H22ClFN2O5S/c1-2-30-21(27)18-13-16(5-8-19(18)22)24-20(26)14-9-11-25(12-10-14)31(28,29)17-6-3-15(23)4-7-17/h3-8,13-14H,2,9-12H2,1H3,(H,24,26). The predicted octanol–water partition coefficient (Wildman–Crippen LogP) is 3.70. The number of hydrogen-bond acceptors (Lipinski definition) is 5. The highest BCUT2D eigenvalue weighted by Crippen LogP contribution is 2.26. The van der Waals surface area contributed by atoms with Crippen molar-refractivity contribution >= 4 is 39.2 Å². The lowest BCUT2D eigenvalue weighted by molar-refractivity contribution is -0.120. The molecule has 1 saturated heterocycles. The fourth-order valence-corrected chi connectivity index (χ4v) is 4.99. The van der Waals surface area contributed by atoms with Gasteiger partial charge in [0.1, 0.15) is 5.82 Å². The van der Waals surface area contributed by atoms with Crippen LogP contribution >= 0.6 is 11.6 Å². The number of ether oxygens (including phenoxy) is 1. The fraction of sp³-hybridized carbons (Fsp3) is 0.333. The van der Waals surface area contributed by atoms with E-state index in [2.05, 4.69) is 5.32 Å². The summed E-state index contributed by atoms with van der Waals surface area (Å²) in [7, 11) is -3.74. The van der Waals surface area contributed by atoms with Crippen LogP contribution in [0.25, 0.3) is 0 Å². The number of esters is 1. The first-order valence-corrected chi connectivity index (χ1v) is 11.6. The van der Waals surface area contributed by atoms with E-state index in [4.69, 9.17) is 16.3 Å². The third kappa shape index (κ3) is 5.41. The van der Waals surface area contributed by atoms with Crippen LogP contribution in [0.3, 0.4) is 0 Å². The van der Waals surface area contributed by atoms with E-state index >= 15 is 0 Å². The fourth-order valence-electron chi connectivity index (χ4n) is 3.33. The van der Waals surface area contributed by atoms with Crippen LogP contribution in [0.1, 0.15) is 30.1 Å². The molecule has 31 heavy (non-hydrogen) atoms. The summed E-state index contributed by atoms with van der Waals surface area (Å²) in [6.45, 7) is 2.23. The Labute approximate surface area is 185 Å². The first-order valence-electron chi connectivity index (χ1n) is 9.75. The van der Waals surface area contributed by atoms with E-state index < -0.39 is 21.8 Å². The maximum Gasteiger partial charge on any atom is 0.339 e. The highest BCUT2D eigenvalue weighted by molar-refractivity contribution is 7.89. The summed E-state index contributed by atoms with van der Waals surface area (Å²) in [5.41, 5.74) is 0.556. The first-order chi connectivity index (χ1) is 14.7. The minimum absolute atomic E-state index is 0.0180. The number of benzene rings is 2. The Morgan fingerprint density at radius 1 is 1.16 bits per heavy atom. The van der Waals surface area contributed by atoms with Crippen molar-refractivity contribution in [2.75, 3.05) is 25.0 Å². The molecule has 1 aliphatic heterocycles. The molecule has 0 bridgehead atoms. The molecule has 0 unspecified atom stereocenters. The average molecular weight is 469 g/mol. The zero-order chi connectivity index (χ0) is 22.6. The van der Waals surface area contributed by atoms with Gasteiger partial charge in [0.2, 0.25) is 15.9 Å². The molecule has 2 aromatic rings. The van der Waals surface area contributed by atoms with Crippen molar-refractivity contribution in [2.45, 2.75) is 24.7 Å². The van der Waals surface area contributed by atoms with Crippen molar-refractivity contribution in [1.29, 1.82) is 0 Å². The van der Waals surface area contributed by atoms with Crippen LogP contribution in [0.15, 0.2) is 47.4 Å². The van der Waals surface area contributed by atoms with Crippen molar-refractivity contribution < 1.29 is 27.1 Å². The maximum absolute atomic E-state index is 13.1. The van der Waals surface area contributed by atoms with Gasteiger partial charge in [-0.2, -0.15) is 4.31 Å². The Kier molecular flexibility index (Phi) is 7.30. The van der Waals surface area contributed by atoms with Gasteiger partial charge in [0.15, 0.2) is 0 Å². The van der Waals surface area contributed by atoms with Gasteiger partial charge in [-0.05, 0) is 62.2 Å². The number of sulfonamides is 1. The minimum atomic E-state index is -3.74. The molecule has 0 spiro atoms. The molecule has 1 N–H and O–H groups in total. The van der Waals surface area contributed by atoms with Crippen LogP contribution in [0, 0.1) is 11.7 Å². The molecular weight excluding hydrogens is 447 g/mol. The SMILES string of the molecule is CCOC(=O)c1cc(NC(=O)C2CCN(S(=O)(=O)c3ccc(F)cc3)CC2)ccc1Cl. The largest absolute Gasteiger partial charge is 0.462 e. The van der Waals surface area contributed by atoms with Crippen LogP contribution in [0.5, 0.6) is 0 Å². The summed E-state index contributed by atoms with van der Waals surface area (Å²) in [4.78, 5) is 24.6. The van der Waals surface area contributed by atoms with Crippen LogP contribution in [0.4, 0.5) is 10.1 Å². The number of nitrogens with one attached hydrogen (secondary N) is 1. The number of amides is 1. The van der Waals surface area contributed by atoms with E-state index in [1.165, 1.54) is 28.6 Å². The van der Waals surface area contributed by atoms with Crippen molar-refractivity contribution in [1.82, 2.24) is 4.31 Å². The number of rotatable bonds is 6. The second kappa shape index (κ2) is 9.76. The van der Waals surface area contributed by atoms with Gasteiger partial charge in [-0.15, -0.1) is 0 Å². The van der Waals surface area contributed by atoms with Gasteiger partial charge in [-0.3, -0.25) is 4.79 Å². The molecule has 3 rings (SSSR count). The lowest BCUT2D eigenvalue weighted by Gasteiger charge is -2.30. The normalized spacial score (nSPS) is 15.5. The zero-order valence-electron chi connectivity index (χ0n) is 16.8. The highest BCUT2D eigenvalue weighted by Gasteiger charge is 2.32. The molecule has 1 aliphatic rings. The summed E-state index contributed by atoms with van der Waals surface area (Å²) in [6, 6.07) is 9.19. The quantitative estimate of drug-likeness (QED) is 0.652. The van der Waals surface area contributed by atoms with Gasteiger partial charge in [-0.25, -0.2) is 17.6 Å². The second-order valence-corrected chi connectivity index (χ2v) is 9.38. The van der Waals surface area contributed by atoms with E-state index in [0.717, 1.165) is 12.1 Å². The minimum Gasteiger partial charge on any atom is -0.462 e. The molecule has 10 heteroatoms. The number of hydrogen-bond donors (Lipinski definition) is 1.